The van der Waals surface area contributed by atoms with Crippen molar-refractivity contribution in [2.24, 2.45) is 0 Å². The third-order valence-electron chi connectivity index (χ3n) is 3.29. The predicted molar refractivity (Wildman–Crippen MR) is 68.2 cm³/mol. The highest BCUT2D eigenvalue weighted by Crippen LogP contribution is 2.13. The summed E-state index contributed by atoms with van der Waals surface area (Å²) in [6.45, 7) is 2.95. The summed E-state index contributed by atoms with van der Waals surface area (Å²) in [6.07, 6.45) is 2.31. The lowest BCUT2D eigenvalue weighted by Crippen LogP contribution is -2.40. The smallest absolute Gasteiger partial charge is 0.125 e. The molecule has 0 amide bonds. The topological polar surface area (TPSA) is 41.3 Å². The quantitative estimate of drug-likeness (QED) is 0.784. The molecule has 1 fully saturated rings. The standard InChI is InChI=1S/C13H20FN3/c1-17-4-2-13(3-5-17)16-9-10-6-11(14)8-12(15)7-10/h6-8,13,16H,2-5,9,15H2,1H3. The van der Waals surface area contributed by atoms with E-state index >= 15 is 0 Å². The van der Waals surface area contributed by atoms with Gasteiger partial charge in [0.15, 0.2) is 0 Å². The van der Waals surface area contributed by atoms with Crippen molar-refractivity contribution in [3.63, 3.8) is 0 Å². The van der Waals surface area contributed by atoms with Gasteiger partial charge in [-0.2, -0.15) is 0 Å². The average molecular weight is 237 g/mol. The molecule has 1 aliphatic heterocycles. The molecule has 2 rings (SSSR count). The zero-order valence-electron chi connectivity index (χ0n) is 10.2. The SMILES string of the molecule is CN1CCC(NCc2cc(N)cc(F)c2)CC1. The molecular weight excluding hydrogens is 217 g/mol. The van der Waals surface area contributed by atoms with E-state index in [4.69, 9.17) is 5.73 Å². The van der Waals surface area contributed by atoms with E-state index in [-0.39, 0.29) is 5.82 Å². The summed E-state index contributed by atoms with van der Waals surface area (Å²) >= 11 is 0. The molecule has 1 aromatic carbocycles. The molecule has 0 radical (unpaired) electrons. The number of rotatable bonds is 3. The number of nitrogens with one attached hydrogen (secondary N) is 1. The Hall–Kier alpha value is -1.13. The molecule has 0 unspecified atom stereocenters. The highest BCUT2D eigenvalue weighted by molar-refractivity contribution is 5.41. The van der Waals surface area contributed by atoms with Crippen molar-refractivity contribution in [2.45, 2.75) is 25.4 Å². The molecular formula is C13H20FN3. The summed E-state index contributed by atoms with van der Waals surface area (Å²) in [5.41, 5.74) is 7.02. The summed E-state index contributed by atoms with van der Waals surface area (Å²) in [6, 6.07) is 5.25. The van der Waals surface area contributed by atoms with E-state index in [1.165, 1.54) is 12.1 Å². The first kappa shape index (κ1) is 12.3. The van der Waals surface area contributed by atoms with Crippen LogP contribution >= 0.6 is 0 Å². The molecule has 17 heavy (non-hydrogen) atoms. The Bertz CT molecular complexity index is 353. The number of anilines is 1. The minimum Gasteiger partial charge on any atom is -0.399 e. The van der Waals surface area contributed by atoms with Crippen molar-refractivity contribution < 1.29 is 4.39 Å². The Morgan fingerprint density at radius 2 is 2.06 bits per heavy atom. The maximum absolute atomic E-state index is 13.1. The summed E-state index contributed by atoms with van der Waals surface area (Å²) in [5, 5.41) is 3.46. The van der Waals surface area contributed by atoms with Crippen molar-refractivity contribution in [1.29, 1.82) is 0 Å². The van der Waals surface area contributed by atoms with Gasteiger partial charge in [-0.25, -0.2) is 4.39 Å². The number of piperidine rings is 1. The van der Waals surface area contributed by atoms with Crippen LogP contribution in [0.5, 0.6) is 0 Å². The van der Waals surface area contributed by atoms with Gasteiger partial charge < -0.3 is 16.0 Å². The van der Waals surface area contributed by atoms with Gasteiger partial charge in [0.2, 0.25) is 0 Å². The van der Waals surface area contributed by atoms with E-state index in [0.717, 1.165) is 31.5 Å². The van der Waals surface area contributed by atoms with Crippen LogP contribution in [0.1, 0.15) is 18.4 Å². The Morgan fingerprint density at radius 1 is 1.35 bits per heavy atom. The molecule has 94 valence electrons. The van der Waals surface area contributed by atoms with Crippen molar-refractivity contribution >= 4 is 5.69 Å². The summed E-state index contributed by atoms with van der Waals surface area (Å²) < 4.78 is 13.1. The van der Waals surface area contributed by atoms with Gasteiger partial charge in [0, 0.05) is 18.3 Å². The van der Waals surface area contributed by atoms with Crippen LogP contribution in [0, 0.1) is 5.82 Å². The molecule has 1 heterocycles. The fraction of sp³-hybridized carbons (Fsp3) is 0.538. The Morgan fingerprint density at radius 3 is 2.71 bits per heavy atom. The van der Waals surface area contributed by atoms with Gasteiger partial charge in [0.1, 0.15) is 5.82 Å². The lowest BCUT2D eigenvalue weighted by molar-refractivity contribution is 0.234. The van der Waals surface area contributed by atoms with Gasteiger partial charge in [-0.1, -0.05) is 0 Å². The minimum absolute atomic E-state index is 0.259. The number of likely N-dealkylation sites (tertiary alicyclic amines) is 1. The molecule has 0 aliphatic carbocycles. The molecule has 3 N–H and O–H groups in total. The Kier molecular flexibility index (Phi) is 3.97. The first-order valence-corrected chi connectivity index (χ1v) is 6.10. The van der Waals surface area contributed by atoms with Crippen LogP contribution in [-0.4, -0.2) is 31.1 Å². The van der Waals surface area contributed by atoms with Crippen LogP contribution in [-0.2, 0) is 6.54 Å². The van der Waals surface area contributed by atoms with Crippen molar-refractivity contribution in [1.82, 2.24) is 10.2 Å². The largest absolute Gasteiger partial charge is 0.399 e. The number of hydrogen-bond acceptors (Lipinski definition) is 3. The van der Waals surface area contributed by atoms with Crippen LogP contribution in [0.2, 0.25) is 0 Å². The molecule has 0 atom stereocenters. The van der Waals surface area contributed by atoms with E-state index in [2.05, 4.69) is 17.3 Å². The van der Waals surface area contributed by atoms with E-state index in [1.54, 1.807) is 0 Å². The minimum atomic E-state index is -0.259. The van der Waals surface area contributed by atoms with Crippen LogP contribution in [0.4, 0.5) is 10.1 Å². The van der Waals surface area contributed by atoms with E-state index in [1.807, 2.05) is 6.07 Å². The van der Waals surface area contributed by atoms with Crippen LogP contribution in [0.25, 0.3) is 0 Å². The molecule has 0 bridgehead atoms. The normalized spacial score (nSPS) is 18.5. The lowest BCUT2D eigenvalue weighted by Gasteiger charge is -2.29. The number of nitrogens with zero attached hydrogens (tertiary/aromatic N) is 1. The third kappa shape index (κ3) is 3.68. The molecule has 0 spiro atoms. The van der Waals surface area contributed by atoms with E-state index in [0.29, 0.717) is 18.3 Å². The second kappa shape index (κ2) is 5.47. The second-order valence-corrected chi connectivity index (χ2v) is 4.85. The number of nitrogen functional groups attached to an aromatic ring is 1. The van der Waals surface area contributed by atoms with Gasteiger partial charge in [0.25, 0.3) is 0 Å². The average Bonchev–Trinajstić information content (AvgIpc) is 2.27. The first-order valence-electron chi connectivity index (χ1n) is 6.10. The lowest BCUT2D eigenvalue weighted by atomic mass is 10.1. The van der Waals surface area contributed by atoms with Crippen LogP contribution < -0.4 is 11.1 Å². The molecule has 1 aromatic rings. The summed E-state index contributed by atoms with van der Waals surface area (Å²) in [5.74, 6) is -0.259. The number of hydrogen-bond donors (Lipinski definition) is 2. The van der Waals surface area contributed by atoms with Crippen molar-refractivity contribution in [2.75, 3.05) is 25.9 Å². The van der Waals surface area contributed by atoms with Crippen LogP contribution in [0.3, 0.4) is 0 Å². The van der Waals surface area contributed by atoms with Crippen LogP contribution in [0.15, 0.2) is 18.2 Å². The number of halogens is 1. The van der Waals surface area contributed by atoms with Gasteiger partial charge in [-0.05, 0) is 56.7 Å². The van der Waals surface area contributed by atoms with E-state index < -0.39 is 0 Å². The van der Waals surface area contributed by atoms with Gasteiger partial charge >= 0.3 is 0 Å². The Balaban J connectivity index is 1.85. The third-order valence-corrected chi connectivity index (χ3v) is 3.29. The van der Waals surface area contributed by atoms with Gasteiger partial charge in [0.05, 0.1) is 0 Å². The summed E-state index contributed by atoms with van der Waals surface area (Å²) in [4.78, 5) is 2.33. The molecule has 0 aromatic heterocycles. The maximum Gasteiger partial charge on any atom is 0.125 e. The zero-order valence-corrected chi connectivity index (χ0v) is 10.2. The van der Waals surface area contributed by atoms with Gasteiger partial charge in [-0.15, -0.1) is 0 Å². The number of benzene rings is 1. The summed E-state index contributed by atoms with van der Waals surface area (Å²) in [7, 11) is 2.14. The highest BCUT2D eigenvalue weighted by Gasteiger charge is 2.15. The molecule has 4 heteroatoms. The predicted octanol–water partition coefficient (Wildman–Crippen LogP) is 1.59. The molecule has 0 saturated carbocycles. The van der Waals surface area contributed by atoms with E-state index in [9.17, 15) is 4.39 Å². The Labute approximate surface area is 102 Å². The number of nitrogens with two attached hydrogens (primary N) is 1. The van der Waals surface area contributed by atoms with Gasteiger partial charge in [-0.3, -0.25) is 0 Å². The van der Waals surface area contributed by atoms with Crippen molar-refractivity contribution in [3.05, 3.63) is 29.6 Å². The first-order chi connectivity index (χ1) is 8.13. The molecule has 3 nitrogen and oxygen atoms in total. The maximum atomic E-state index is 13.1. The second-order valence-electron chi connectivity index (χ2n) is 4.85. The molecule has 1 saturated heterocycles. The monoisotopic (exact) mass is 237 g/mol. The molecule has 1 aliphatic rings. The van der Waals surface area contributed by atoms with Crippen molar-refractivity contribution in [3.8, 4) is 0 Å². The fourth-order valence-electron chi connectivity index (χ4n) is 2.25. The fourth-order valence-corrected chi connectivity index (χ4v) is 2.25. The highest BCUT2D eigenvalue weighted by atomic mass is 19.1. The zero-order chi connectivity index (χ0) is 12.3.